The van der Waals surface area contributed by atoms with Crippen molar-refractivity contribution in [3.8, 4) is 0 Å². The van der Waals surface area contributed by atoms with Crippen molar-refractivity contribution in [2.24, 2.45) is 11.7 Å². The summed E-state index contributed by atoms with van der Waals surface area (Å²) in [5.41, 5.74) is 7.06. The van der Waals surface area contributed by atoms with Crippen molar-refractivity contribution in [2.45, 2.75) is 96.2 Å². The van der Waals surface area contributed by atoms with Gasteiger partial charge in [0.1, 0.15) is 18.1 Å². The quantitative estimate of drug-likeness (QED) is 0.161. The number of benzene rings is 2. The number of hydrogen-bond acceptors (Lipinski definition) is 6. The molecule has 0 bridgehead atoms. The van der Waals surface area contributed by atoms with E-state index < -0.39 is 84.7 Å². The first-order chi connectivity index (χ1) is 21.9. The number of aliphatic hydroxyl groups is 1. The highest BCUT2D eigenvalue weighted by Gasteiger charge is 2.44. The lowest BCUT2D eigenvalue weighted by atomic mass is 9.99. The zero-order valence-corrected chi connectivity index (χ0v) is 27.1. The molecule has 2 aromatic rings. The van der Waals surface area contributed by atoms with E-state index in [-0.39, 0.29) is 12.3 Å². The summed E-state index contributed by atoms with van der Waals surface area (Å²) in [6.45, 7) is 8.68. The first-order valence-corrected chi connectivity index (χ1v) is 15.3. The van der Waals surface area contributed by atoms with E-state index >= 15 is 0 Å². The maximum Gasteiger partial charge on any atom is 0.416 e. The van der Waals surface area contributed by atoms with E-state index in [9.17, 15) is 42.3 Å². The number of amides is 5. The van der Waals surface area contributed by atoms with Crippen molar-refractivity contribution in [1.29, 1.82) is 0 Å². The topological polar surface area (TPSA) is 180 Å². The van der Waals surface area contributed by atoms with Crippen LogP contribution in [0.2, 0.25) is 0 Å². The standard InChI is InChI=1S/C33H44F3N5O6/c1-18(2)22-11-13-23(14-12-22)30(45)41-27(19(3)4)32(47)40-25(17-21-9-7-6-8-10-21)31(46)38-20(5)29(44)39-24(15-16-26(37)42)28(43)33(34,35)36/h6-14,18-20,24-25,27-28,43H,15-17H2,1-5H3,(H2,37,42)(H,38,46)(H,39,44)(H,40,47)(H,41,45). The summed E-state index contributed by atoms with van der Waals surface area (Å²) in [5, 5.41) is 19.5. The Kier molecular flexibility index (Phi) is 14.4. The zero-order chi connectivity index (χ0) is 35.5. The van der Waals surface area contributed by atoms with Crippen molar-refractivity contribution in [2.75, 3.05) is 0 Å². The Hall–Kier alpha value is -4.46. The van der Waals surface area contributed by atoms with Crippen LogP contribution in [0.15, 0.2) is 54.6 Å². The van der Waals surface area contributed by atoms with Gasteiger partial charge in [0.25, 0.3) is 5.91 Å². The lowest BCUT2D eigenvalue weighted by Gasteiger charge is -2.28. The number of primary amides is 1. The SMILES string of the molecule is CC(NC(=O)C(Cc1ccccc1)NC(=O)C(NC(=O)c1ccc(C(C)C)cc1)C(C)C)C(=O)NC(CCC(N)=O)C(O)C(F)(F)F. The Morgan fingerprint density at radius 1 is 0.787 bits per heavy atom. The first-order valence-electron chi connectivity index (χ1n) is 15.3. The molecule has 0 spiro atoms. The molecule has 5 amide bonds. The van der Waals surface area contributed by atoms with Gasteiger partial charge in [-0.25, -0.2) is 0 Å². The molecular formula is C33H44F3N5O6. The number of carbonyl (C=O) groups is 5. The number of aliphatic hydroxyl groups excluding tert-OH is 1. The molecule has 0 fully saturated rings. The van der Waals surface area contributed by atoms with Gasteiger partial charge in [-0.15, -0.1) is 0 Å². The number of alkyl halides is 3. The van der Waals surface area contributed by atoms with E-state index in [2.05, 4.69) is 16.0 Å². The third-order valence-corrected chi connectivity index (χ3v) is 7.49. The number of halogens is 3. The Labute approximate surface area is 272 Å². The van der Waals surface area contributed by atoms with Crippen LogP contribution in [0.25, 0.3) is 0 Å². The van der Waals surface area contributed by atoms with Gasteiger partial charge >= 0.3 is 6.18 Å². The molecule has 0 radical (unpaired) electrons. The van der Waals surface area contributed by atoms with E-state index in [1.54, 1.807) is 56.3 Å². The third-order valence-electron chi connectivity index (χ3n) is 7.49. The van der Waals surface area contributed by atoms with Gasteiger partial charge in [-0.3, -0.25) is 24.0 Å². The molecule has 5 atom stereocenters. The molecule has 0 saturated carbocycles. The summed E-state index contributed by atoms with van der Waals surface area (Å²) in [5.74, 6) is -4.12. The molecule has 0 heterocycles. The summed E-state index contributed by atoms with van der Waals surface area (Å²) in [4.78, 5) is 63.9. The smallest absolute Gasteiger partial charge is 0.382 e. The Morgan fingerprint density at radius 2 is 1.38 bits per heavy atom. The third kappa shape index (κ3) is 12.3. The predicted octanol–water partition coefficient (Wildman–Crippen LogP) is 2.47. The van der Waals surface area contributed by atoms with Gasteiger partial charge < -0.3 is 32.1 Å². The second kappa shape index (κ2) is 17.5. The summed E-state index contributed by atoms with van der Waals surface area (Å²) < 4.78 is 39.6. The van der Waals surface area contributed by atoms with Crippen LogP contribution in [0.5, 0.6) is 0 Å². The minimum Gasteiger partial charge on any atom is -0.382 e. The Bertz CT molecular complexity index is 1370. The lowest BCUT2D eigenvalue weighted by molar-refractivity contribution is -0.212. The Balaban J connectivity index is 2.22. The normalized spacial score (nSPS) is 14.8. The first kappa shape index (κ1) is 38.7. The minimum absolute atomic E-state index is 0.0177. The molecule has 7 N–H and O–H groups in total. The maximum atomic E-state index is 13.5. The van der Waals surface area contributed by atoms with Crippen LogP contribution in [0.4, 0.5) is 13.2 Å². The van der Waals surface area contributed by atoms with Gasteiger partial charge in [-0.2, -0.15) is 13.2 Å². The van der Waals surface area contributed by atoms with Crippen molar-refractivity contribution in [1.82, 2.24) is 21.3 Å². The predicted molar refractivity (Wildman–Crippen MR) is 169 cm³/mol. The van der Waals surface area contributed by atoms with Gasteiger partial charge in [0.2, 0.25) is 23.6 Å². The second-order valence-electron chi connectivity index (χ2n) is 12.1. The number of hydrogen-bond donors (Lipinski definition) is 6. The van der Waals surface area contributed by atoms with Gasteiger partial charge in [0.15, 0.2) is 6.10 Å². The largest absolute Gasteiger partial charge is 0.416 e. The minimum atomic E-state index is -5.10. The van der Waals surface area contributed by atoms with E-state index in [4.69, 9.17) is 5.73 Å². The van der Waals surface area contributed by atoms with Crippen molar-refractivity contribution in [3.05, 3.63) is 71.3 Å². The fourth-order valence-electron chi connectivity index (χ4n) is 4.62. The van der Waals surface area contributed by atoms with Gasteiger partial charge in [-0.1, -0.05) is 70.2 Å². The fraction of sp³-hybridized carbons (Fsp3) is 0.485. The fourth-order valence-corrected chi connectivity index (χ4v) is 4.62. The van der Waals surface area contributed by atoms with E-state index in [1.807, 2.05) is 31.3 Å². The highest BCUT2D eigenvalue weighted by Crippen LogP contribution is 2.24. The summed E-state index contributed by atoms with van der Waals surface area (Å²) in [7, 11) is 0. The number of nitrogens with one attached hydrogen (secondary N) is 4. The molecule has 0 aliphatic carbocycles. The molecule has 2 aromatic carbocycles. The average Bonchev–Trinajstić information content (AvgIpc) is 3.00. The molecule has 0 aliphatic heterocycles. The summed E-state index contributed by atoms with van der Waals surface area (Å²) >= 11 is 0. The highest BCUT2D eigenvalue weighted by molar-refractivity contribution is 5.99. The second-order valence-corrected chi connectivity index (χ2v) is 12.1. The van der Waals surface area contributed by atoms with Crippen LogP contribution in [0.1, 0.15) is 74.9 Å². The number of nitrogens with two attached hydrogens (primary N) is 1. The van der Waals surface area contributed by atoms with Crippen LogP contribution in [-0.2, 0) is 25.6 Å². The molecule has 11 nitrogen and oxygen atoms in total. The number of carbonyl (C=O) groups excluding carboxylic acids is 5. The average molecular weight is 664 g/mol. The molecule has 14 heteroatoms. The van der Waals surface area contributed by atoms with Crippen LogP contribution in [-0.4, -0.2) is 71.1 Å². The highest BCUT2D eigenvalue weighted by atomic mass is 19.4. The zero-order valence-electron chi connectivity index (χ0n) is 27.1. The van der Waals surface area contributed by atoms with Crippen molar-refractivity contribution < 1.29 is 42.3 Å². The molecule has 0 aromatic heterocycles. The summed E-state index contributed by atoms with van der Waals surface area (Å²) in [6.07, 6.45) is -9.25. The number of rotatable bonds is 16. The van der Waals surface area contributed by atoms with Crippen molar-refractivity contribution >= 4 is 29.5 Å². The lowest BCUT2D eigenvalue weighted by Crippen LogP contribution is -2.59. The van der Waals surface area contributed by atoms with Crippen LogP contribution in [0, 0.1) is 5.92 Å². The molecule has 5 unspecified atom stereocenters. The van der Waals surface area contributed by atoms with Crippen molar-refractivity contribution in [3.63, 3.8) is 0 Å². The molecule has 0 saturated heterocycles. The van der Waals surface area contributed by atoms with Crippen LogP contribution < -0.4 is 27.0 Å². The Morgan fingerprint density at radius 3 is 1.89 bits per heavy atom. The monoisotopic (exact) mass is 663 g/mol. The molecule has 0 aliphatic rings. The van der Waals surface area contributed by atoms with E-state index in [1.165, 1.54) is 6.92 Å². The summed E-state index contributed by atoms with van der Waals surface area (Å²) in [6, 6.07) is 9.97. The molecular weight excluding hydrogens is 619 g/mol. The van der Waals surface area contributed by atoms with Gasteiger partial charge in [-0.05, 0) is 48.4 Å². The van der Waals surface area contributed by atoms with Gasteiger partial charge in [0.05, 0.1) is 6.04 Å². The van der Waals surface area contributed by atoms with Gasteiger partial charge in [0, 0.05) is 18.4 Å². The van der Waals surface area contributed by atoms with Crippen LogP contribution >= 0.6 is 0 Å². The van der Waals surface area contributed by atoms with Crippen LogP contribution in [0.3, 0.4) is 0 Å². The molecule has 2 rings (SSSR count). The molecule has 47 heavy (non-hydrogen) atoms. The van der Waals surface area contributed by atoms with E-state index in [0.29, 0.717) is 11.1 Å². The molecule has 258 valence electrons. The van der Waals surface area contributed by atoms with E-state index in [0.717, 1.165) is 5.56 Å². The maximum absolute atomic E-state index is 13.5.